The van der Waals surface area contributed by atoms with Gasteiger partial charge in [0.25, 0.3) is 0 Å². The monoisotopic (exact) mass is 368 g/mol. The zero-order valence-electron chi connectivity index (χ0n) is 10.9. The van der Waals surface area contributed by atoms with Gasteiger partial charge in [-0.15, -0.1) is 0 Å². The summed E-state index contributed by atoms with van der Waals surface area (Å²) in [6.45, 7) is 2.71. The molecule has 2 nitrogen and oxygen atoms in total. The van der Waals surface area contributed by atoms with Gasteiger partial charge in [0.2, 0.25) is 0 Å². The molecule has 0 aliphatic heterocycles. The van der Waals surface area contributed by atoms with E-state index in [0.717, 1.165) is 20.7 Å². The van der Waals surface area contributed by atoms with Crippen LogP contribution in [0.3, 0.4) is 0 Å². The number of nitrogens with one attached hydrogen (secondary N) is 2. The van der Waals surface area contributed by atoms with Crippen molar-refractivity contribution in [3.63, 3.8) is 0 Å². The van der Waals surface area contributed by atoms with Crippen LogP contribution in [0.2, 0.25) is 5.02 Å². The zero-order valence-corrected chi connectivity index (χ0v) is 14.1. The lowest BCUT2D eigenvalue weighted by molar-refractivity contribution is 0.926. The molecule has 0 aliphatic rings. The van der Waals surface area contributed by atoms with Crippen LogP contribution in [0, 0.1) is 6.92 Å². The standard InChI is InChI=1S/C15H14BrClN2S/c1-10-2-7-14(13(16)8-10)19-15(20)18-9-11-3-5-12(17)6-4-11/h2-8H,9H2,1H3,(H2,18,19,20). The Bertz CT molecular complexity index is 614. The molecule has 2 N–H and O–H groups in total. The van der Waals surface area contributed by atoms with Gasteiger partial charge in [0, 0.05) is 16.0 Å². The summed E-state index contributed by atoms with van der Waals surface area (Å²) in [6.07, 6.45) is 0. The lowest BCUT2D eigenvalue weighted by atomic mass is 10.2. The first-order valence-electron chi connectivity index (χ1n) is 6.10. The second-order valence-electron chi connectivity index (χ2n) is 4.42. The molecule has 0 aromatic heterocycles. The molecule has 0 atom stereocenters. The van der Waals surface area contributed by atoms with Gasteiger partial charge in [0.15, 0.2) is 5.11 Å². The molecule has 0 bridgehead atoms. The first-order valence-corrected chi connectivity index (χ1v) is 7.68. The van der Waals surface area contributed by atoms with Gasteiger partial charge in [-0.05, 0) is 70.5 Å². The maximum Gasteiger partial charge on any atom is 0.171 e. The van der Waals surface area contributed by atoms with Gasteiger partial charge in [-0.1, -0.05) is 29.8 Å². The van der Waals surface area contributed by atoms with Crippen LogP contribution in [0.5, 0.6) is 0 Å². The molecule has 0 saturated heterocycles. The number of hydrogen-bond acceptors (Lipinski definition) is 1. The lowest BCUT2D eigenvalue weighted by Gasteiger charge is -2.12. The van der Waals surface area contributed by atoms with E-state index in [1.807, 2.05) is 49.4 Å². The highest BCUT2D eigenvalue weighted by Gasteiger charge is 2.02. The molecule has 2 aromatic carbocycles. The van der Waals surface area contributed by atoms with E-state index in [-0.39, 0.29) is 0 Å². The fourth-order valence-corrected chi connectivity index (χ4v) is 2.57. The number of hydrogen-bond donors (Lipinski definition) is 2. The zero-order chi connectivity index (χ0) is 14.5. The molecule has 0 aliphatic carbocycles. The highest BCUT2D eigenvalue weighted by atomic mass is 79.9. The molecule has 0 amide bonds. The van der Waals surface area contributed by atoms with Crippen LogP contribution >= 0.6 is 39.7 Å². The quantitative estimate of drug-likeness (QED) is 0.753. The molecular formula is C15H14BrClN2S. The van der Waals surface area contributed by atoms with Crippen molar-refractivity contribution in [1.82, 2.24) is 5.32 Å². The van der Waals surface area contributed by atoms with Gasteiger partial charge in [-0.3, -0.25) is 0 Å². The molecule has 5 heteroatoms. The van der Waals surface area contributed by atoms with E-state index < -0.39 is 0 Å². The van der Waals surface area contributed by atoms with Crippen LogP contribution in [0.15, 0.2) is 46.9 Å². The van der Waals surface area contributed by atoms with Crippen molar-refractivity contribution >= 4 is 50.5 Å². The average Bonchev–Trinajstić information content (AvgIpc) is 2.41. The second kappa shape index (κ2) is 7.07. The summed E-state index contributed by atoms with van der Waals surface area (Å²) >= 11 is 14.6. The molecule has 0 heterocycles. The van der Waals surface area contributed by atoms with Crippen molar-refractivity contribution in [2.24, 2.45) is 0 Å². The van der Waals surface area contributed by atoms with Crippen LogP contribution < -0.4 is 10.6 Å². The van der Waals surface area contributed by atoms with Gasteiger partial charge in [0.05, 0.1) is 5.69 Å². The number of rotatable bonds is 3. The van der Waals surface area contributed by atoms with Gasteiger partial charge in [-0.2, -0.15) is 0 Å². The third kappa shape index (κ3) is 4.47. The minimum atomic E-state index is 0.588. The Morgan fingerprint density at radius 3 is 2.55 bits per heavy atom. The SMILES string of the molecule is Cc1ccc(NC(=S)NCc2ccc(Cl)cc2)c(Br)c1. The van der Waals surface area contributed by atoms with Crippen molar-refractivity contribution in [3.8, 4) is 0 Å². The van der Waals surface area contributed by atoms with Crippen molar-refractivity contribution in [3.05, 3.63) is 63.1 Å². The van der Waals surface area contributed by atoms with Crippen LogP contribution in [0.4, 0.5) is 5.69 Å². The Kier molecular flexibility index (Phi) is 5.40. The first-order chi connectivity index (χ1) is 9.54. The maximum absolute atomic E-state index is 5.85. The number of anilines is 1. The summed E-state index contributed by atoms with van der Waals surface area (Å²) in [4.78, 5) is 0. The molecular weight excluding hydrogens is 356 g/mol. The number of benzene rings is 2. The van der Waals surface area contributed by atoms with Gasteiger partial charge >= 0.3 is 0 Å². The van der Waals surface area contributed by atoms with E-state index >= 15 is 0 Å². The topological polar surface area (TPSA) is 24.1 Å². The molecule has 20 heavy (non-hydrogen) atoms. The Morgan fingerprint density at radius 1 is 1.20 bits per heavy atom. The van der Waals surface area contributed by atoms with E-state index in [1.54, 1.807) is 0 Å². The highest BCUT2D eigenvalue weighted by molar-refractivity contribution is 9.10. The molecule has 0 spiro atoms. The number of thiocarbonyl (C=S) groups is 1. The predicted octanol–water partition coefficient (Wildman–Crippen LogP) is 4.90. The van der Waals surface area contributed by atoms with E-state index in [0.29, 0.717) is 11.7 Å². The van der Waals surface area contributed by atoms with Gasteiger partial charge < -0.3 is 10.6 Å². The summed E-state index contributed by atoms with van der Waals surface area (Å²) in [5.41, 5.74) is 3.27. The van der Waals surface area contributed by atoms with Gasteiger partial charge in [0.1, 0.15) is 0 Å². The average molecular weight is 370 g/mol. The fourth-order valence-electron chi connectivity index (χ4n) is 1.67. The molecule has 0 fully saturated rings. The Hall–Kier alpha value is -1.10. The fraction of sp³-hybridized carbons (Fsp3) is 0.133. The predicted molar refractivity (Wildman–Crippen MR) is 93.4 cm³/mol. The molecule has 2 rings (SSSR count). The largest absolute Gasteiger partial charge is 0.358 e. The number of halogens is 2. The molecule has 104 valence electrons. The van der Waals surface area contributed by atoms with E-state index in [4.69, 9.17) is 23.8 Å². The van der Waals surface area contributed by atoms with Crippen molar-refractivity contribution in [2.75, 3.05) is 5.32 Å². The van der Waals surface area contributed by atoms with Crippen molar-refractivity contribution < 1.29 is 0 Å². The summed E-state index contributed by atoms with van der Waals surface area (Å²) in [5, 5.41) is 7.65. The lowest BCUT2D eigenvalue weighted by Crippen LogP contribution is -2.28. The van der Waals surface area contributed by atoms with Crippen LogP contribution in [0.1, 0.15) is 11.1 Å². The highest BCUT2D eigenvalue weighted by Crippen LogP contribution is 2.23. The van der Waals surface area contributed by atoms with E-state index in [1.165, 1.54) is 5.56 Å². The van der Waals surface area contributed by atoms with Crippen molar-refractivity contribution in [2.45, 2.75) is 13.5 Å². The number of aryl methyl sites for hydroxylation is 1. The van der Waals surface area contributed by atoms with E-state index in [9.17, 15) is 0 Å². The third-order valence-corrected chi connectivity index (χ3v) is 3.89. The van der Waals surface area contributed by atoms with Crippen LogP contribution in [0.25, 0.3) is 0 Å². The maximum atomic E-state index is 5.85. The summed E-state index contributed by atoms with van der Waals surface area (Å²) in [6, 6.07) is 13.8. The third-order valence-electron chi connectivity index (χ3n) is 2.74. The van der Waals surface area contributed by atoms with Crippen LogP contribution in [-0.4, -0.2) is 5.11 Å². The minimum Gasteiger partial charge on any atom is -0.358 e. The Morgan fingerprint density at radius 2 is 1.90 bits per heavy atom. The first kappa shape index (κ1) is 15.3. The Labute approximate surface area is 137 Å². The summed E-state index contributed by atoms with van der Waals surface area (Å²) in [5.74, 6) is 0. The van der Waals surface area contributed by atoms with Crippen LogP contribution in [-0.2, 0) is 6.54 Å². The molecule has 0 radical (unpaired) electrons. The van der Waals surface area contributed by atoms with E-state index in [2.05, 4.69) is 26.6 Å². The molecule has 0 unspecified atom stereocenters. The second-order valence-corrected chi connectivity index (χ2v) is 6.12. The van der Waals surface area contributed by atoms with Crippen molar-refractivity contribution in [1.29, 1.82) is 0 Å². The Balaban J connectivity index is 1.90. The van der Waals surface area contributed by atoms with Gasteiger partial charge in [-0.25, -0.2) is 0 Å². The normalized spacial score (nSPS) is 10.2. The summed E-state index contributed by atoms with van der Waals surface area (Å²) < 4.78 is 0.994. The molecule has 0 saturated carbocycles. The molecule has 2 aromatic rings. The smallest absolute Gasteiger partial charge is 0.171 e. The minimum absolute atomic E-state index is 0.588. The summed E-state index contributed by atoms with van der Waals surface area (Å²) in [7, 11) is 0.